The van der Waals surface area contributed by atoms with Crippen molar-refractivity contribution in [3.8, 4) is 27.9 Å². The van der Waals surface area contributed by atoms with Crippen LogP contribution in [0.3, 0.4) is 0 Å². The quantitative estimate of drug-likeness (QED) is 0.165. The van der Waals surface area contributed by atoms with Crippen molar-refractivity contribution in [2.45, 2.75) is 38.6 Å². The van der Waals surface area contributed by atoms with E-state index >= 15 is 0 Å². The molecule has 0 saturated heterocycles. The number of rotatable bonds is 6. The van der Waals surface area contributed by atoms with Crippen molar-refractivity contribution < 1.29 is 0 Å². The molecule has 0 amide bonds. The van der Waals surface area contributed by atoms with Crippen LogP contribution < -0.4 is 4.90 Å². The van der Waals surface area contributed by atoms with Crippen LogP contribution in [0.2, 0.25) is 0 Å². The first-order valence-corrected chi connectivity index (χ1v) is 20.5. The monoisotopic (exact) mass is 744 g/mol. The molecule has 0 saturated carbocycles. The van der Waals surface area contributed by atoms with Gasteiger partial charge in [-0.3, -0.25) is 0 Å². The van der Waals surface area contributed by atoms with Crippen LogP contribution in [-0.4, -0.2) is 4.57 Å². The normalized spacial score (nSPS) is 15.2. The molecule has 1 atom stereocenters. The number of benzene rings is 8. The molecule has 9 aromatic rings. The zero-order valence-electron chi connectivity index (χ0n) is 33.2. The minimum Gasteiger partial charge on any atom is -0.334 e. The fraction of sp³-hybridized carbons (Fsp3) is 0.107. The van der Waals surface area contributed by atoms with Gasteiger partial charge in [0.15, 0.2) is 0 Å². The number of fused-ring (bicyclic) bond motifs is 7. The Balaban J connectivity index is 1.06. The fourth-order valence-electron chi connectivity index (χ4n) is 10.0. The molecule has 1 heterocycles. The summed E-state index contributed by atoms with van der Waals surface area (Å²) >= 11 is 0. The Morgan fingerprint density at radius 3 is 2.05 bits per heavy atom. The minimum absolute atomic E-state index is 0.0846. The van der Waals surface area contributed by atoms with Crippen molar-refractivity contribution in [1.29, 1.82) is 0 Å². The molecular weight excluding hydrogens is 701 g/mol. The van der Waals surface area contributed by atoms with E-state index in [9.17, 15) is 0 Å². The van der Waals surface area contributed by atoms with E-state index in [1.165, 1.54) is 100 Å². The van der Waals surface area contributed by atoms with Crippen LogP contribution in [0.4, 0.5) is 11.4 Å². The van der Waals surface area contributed by atoms with E-state index in [-0.39, 0.29) is 11.5 Å². The van der Waals surface area contributed by atoms with Gasteiger partial charge < -0.3 is 9.47 Å². The highest BCUT2D eigenvalue weighted by atomic mass is 15.2. The Kier molecular flexibility index (Phi) is 7.91. The molecular formula is C56H44N2. The molecule has 2 nitrogen and oxygen atoms in total. The summed E-state index contributed by atoms with van der Waals surface area (Å²) in [5.74, 6) is 0. The number of aromatic nitrogens is 1. The molecule has 0 fully saturated rings. The van der Waals surface area contributed by atoms with Gasteiger partial charge in [0.25, 0.3) is 0 Å². The molecule has 1 aromatic heterocycles. The smallest absolute Gasteiger partial charge is 0.0632 e. The highest BCUT2D eigenvalue weighted by molar-refractivity contribution is 6.10. The predicted molar refractivity (Wildman–Crippen MR) is 244 cm³/mol. The van der Waals surface area contributed by atoms with Gasteiger partial charge in [-0.15, -0.1) is 0 Å². The first kappa shape index (κ1) is 34.4. The Morgan fingerprint density at radius 1 is 0.500 bits per heavy atom. The van der Waals surface area contributed by atoms with Gasteiger partial charge in [0.1, 0.15) is 0 Å². The summed E-state index contributed by atoms with van der Waals surface area (Å²) in [5.41, 5.74) is 20.3. The van der Waals surface area contributed by atoms with E-state index in [4.69, 9.17) is 0 Å². The average molecular weight is 745 g/mol. The summed E-state index contributed by atoms with van der Waals surface area (Å²) in [6.07, 6.45) is 3.36. The lowest BCUT2D eigenvalue weighted by Crippen LogP contribution is -2.27. The topological polar surface area (TPSA) is 8.17 Å². The van der Waals surface area contributed by atoms with Gasteiger partial charge in [0, 0.05) is 33.2 Å². The molecule has 0 radical (unpaired) electrons. The van der Waals surface area contributed by atoms with Gasteiger partial charge in [0.05, 0.1) is 17.1 Å². The van der Waals surface area contributed by atoms with Crippen LogP contribution in [0.5, 0.6) is 0 Å². The predicted octanol–water partition coefficient (Wildman–Crippen LogP) is 14.8. The van der Waals surface area contributed by atoms with Gasteiger partial charge >= 0.3 is 0 Å². The molecule has 8 aromatic carbocycles. The van der Waals surface area contributed by atoms with Crippen LogP contribution in [0, 0.1) is 6.92 Å². The summed E-state index contributed by atoms with van der Waals surface area (Å²) in [7, 11) is 0. The molecule has 2 heteroatoms. The lowest BCUT2D eigenvalue weighted by molar-refractivity contribution is 0.657. The number of anilines is 2. The first-order chi connectivity index (χ1) is 28.4. The van der Waals surface area contributed by atoms with Crippen LogP contribution in [-0.2, 0) is 5.41 Å². The van der Waals surface area contributed by atoms with Crippen LogP contribution >= 0.6 is 0 Å². The van der Waals surface area contributed by atoms with Gasteiger partial charge in [-0.05, 0) is 124 Å². The first-order valence-electron chi connectivity index (χ1n) is 20.5. The largest absolute Gasteiger partial charge is 0.334 e. The van der Waals surface area contributed by atoms with Gasteiger partial charge in [-0.25, -0.2) is 0 Å². The fourth-order valence-corrected chi connectivity index (χ4v) is 10.0. The summed E-state index contributed by atoms with van der Waals surface area (Å²) in [5, 5.41) is 2.54. The summed E-state index contributed by atoms with van der Waals surface area (Å²) in [6.45, 7) is 6.93. The molecule has 0 bridgehead atoms. The molecule has 278 valence electrons. The molecule has 1 unspecified atom stereocenters. The Morgan fingerprint density at radius 2 is 1.19 bits per heavy atom. The summed E-state index contributed by atoms with van der Waals surface area (Å²) < 4.78 is 2.40. The third-order valence-corrected chi connectivity index (χ3v) is 12.8. The van der Waals surface area contributed by atoms with Gasteiger partial charge in [-0.2, -0.15) is 0 Å². The second-order valence-corrected chi connectivity index (χ2v) is 16.6. The molecule has 0 spiro atoms. The average Bonchev–Trinajstić information content (AvgIpc) is 3.72. The van der Waals surface area contributed by atoms with Gasteiger partial charge in [0.2, 0.25) is 0 Å². The molecule has 2 aliphatic carbocycles. The standard InChI is InChI=1S/C56H44N2/c1-37-15-13-16-38(33-37)39-17-14-20-42(34-39)57(43-28-29-47-46-22-9-11-25-51(46)56(2,3)52(47)36-43)54-32-30-44(45-21-7-8-23-48(45)54)40-27-31-55-50(35-40)49-24-10-12-26-53(49)58(55)41-18-5-4-6-19-41/h4-31,33-36,54H,32H2,1-3H3. The minimum atomic E-state index is -0.100. The van der Waals surface area contributed by atoms with E-state index in [2.05, 4.69) is 224 Å². The number of nitrogens with zero attached hydrogens (tertiary/aromatic N) is 2. The van der Waals surface area contributed by atoms with Crippen molar-refractivity contribution in [3.63, 3.8) is 0 Å². The van der Waals surface area contributed by atoms with E-state index in [1.807, 2.05) is 0 Å². The van der Waals surface area contributed by atoms with E-state index in [0.717, 1.165) is 6.42 Å². The van der Waals surface area contributed by atoms with Gasteiger partial charge in [-0.1, -0.05) is 159 Å². The Labute approximate surface area is 341 Å². The summed E-state index contributed by atoms with van der Waals surface area (Å²) in [4.78, 5) is 2.61. The SMILES string of the molecule is Cc1cccc(-c2cccc(N(c3ccc4c(c3)C(C)(C)c3ccccc3-4)C3CC=C(c4ccc5c(c4)c4ccccc4n5-c4ccccc4)c4ccccc43)c2)c1. The molecule has 58 heavy (non-hydrogen) atoms. The summed E-state index contributed by atoms with van der Waals surface area (Å²) in [6, 6.07) is 69.9. The maximum Gasteiger partial charge on any atom is 0.0632 e. The molecule has 2 aliphatic rings. The lowest BCUT2D eigenvalue weighted by Gasteiger charge is -2.38. The molecule has 11 rings (SSSR count). The van der Waals surface area contributed by atoms with Crippen molar-refractivity contribution in [2.24, 2.45) is 0 Å². The van der Waals surface area contributed by atoms with Crippen molar-refractivity contribution in [3.05, 3.63) is 228 Å². The van der Waals surface area contributed by atoms with Crippen LogP contribution in [0.25, 0.3) is 55.3 Å². The zero-order chi connectivity index (χ0) is 39.0. The zero-order valence-corrected chi connectivity index (χ0v) is 33.2. The number of hydrogen-bond acceptors (Lipinski definition) is 1. The maximum atomic E-state index is 2.61. The number of para-hydroxylation sites is 2. The lowest BCUT2D eigenvalue weighted by atomic mass is 9.81. The number of hydrogen-bond donors (Lipinski definition) is 0. The maximum absolute atomic E-state index is 2.61. The highest BCUT2D eigenvalue weighted by Crippen LogP contribution is 2.52. The third-order valence-electron chi connectivity index (χ3n) is 12.8. The second kappa shape index (κ2) is 13.4. The van der Waals surface area contributed by atoms with E-state index in [1.54, 1.807) is 0 Å². The molecule has 0 aliphatic heterocycles. The third kappa shape index (κ3) is 5.40. The Bertz CT molecular complexity index is 3090. The highest BCUT2D eigenvalue weighted by Gasteiger charge is 2.37. The van der Waals surface area contributed by atoms with Crippen molar-refractivity contribution in [2.75, 3.05) is 4.90 Å². The van der Waals surface area contributed by atoms with E-state index in [0.29, 0.717) is 0 Å². The van der Waals surface area contributed by atoms with Crippen molar-refractivity contribution >= 4 is 38.8 Å². The van der Waals surface area contributed by atoms with Crippen LogP contribution in [0.15, 0.2) is 194 Å². The Hall–Kier alpha value is -6.90. The number of aryl methyl sites for hydroxylation is 1. The second-order valence-electron chi connectivity index (χ2n) is 16.6. The van der Waals surface area contributed by atoms with E-state index < -0.39 is 0 Å². The van der Waals surface area contributed by atoms with Crippen LogP contribution in [0.1, 0.15) is 59.7 Å². The molecule has 0 N–H and O–H groups in total. The van der Waals surface area contributed by atoms with Crippen molar-refractivity contribution in [1.82, 2.24) is 4.57 Å².